The first-order chi connectivity index (χ1) is 15.2. The van der Waals surface area contributed by atoms with E-state index in [4.69, 9.17) is 14.7 Å². The number of benzene rings is 2. The van der Waals surface area contributed by atoms with E-state index in [1.54, 1.807) is 13.3 Å². The highest BCUT2D eigenvalue weighted by atomic mass is 32.2. The molecular formula is C24H24N4O2S. The van der Waals surface area contributed by atoms with E-state index in [-0.39, 0.29) is 11.7 Å². The fraction of sp³-hybridized carbons (Fsp3) is 0.250. The first-order valence-electron chi connectivity index (χ1n) is 10.3. The lowest BCUT2D eigenvalue weighted by Gasteiger charge is -2.18. The van der Waals surface area contributed by atoms with Crippen molar-refractivity contribution in [3.05, 3.63) is 71.4 Å². The predicted octanol–water partition coefficient (Wildman–Crippen LogP) is 4.27. The lowest BCUT2D eigenvalue weighted by molar-refractivity contribution is -0.118. The Bertz CT molecular complexity index is 1090. The van der Waals surface area contributed by atoms with Crippen molar-refractivity contribution in [1.82, 2.24) is 15.4 Å². The third kappa shape index (κ3) is 5.49. The Morgan fingerprint density at radius 1 is 1.13 bits per heavy atom. The van der Waals surface area contributed by atoms with E-state index >= 15 is 0 Å². The number of hydrogen-bond donors (Lipinski definition) is 1. The van der Waals surface area contributed by atoms with E-state index in [2.05, 4.69) is 10.5 Å². The summed E-state index contributed by atoms with van der Waals surface area (Å²) in [4.78, 5) is 21.9. The molecule has 0 radical (unpaired) electrons. The van der Waals surface area contributed by atoms with Crippen LogP contribution in [0.5, 0.6) is 5.75 Å². The van der Waals surface area contributed by atoms with Gasteiger partial charge in [0.25, 0.3) is 0 Å². The minimum Gasteiger partial charge on any atom is -0.497 e. The normalized spacial score (nSPS) is 13.1. The van der Waals surface area contributed by atoms with Gasteiger partial charge in [-0.15, -0.1) is 0 Å². The molecule has 158 valence electrons. The van der Waals surface area contributed by atoms with E-state index in [0.29, 0.717) is 0 Å². The molecule has 6 nitrogen and oxygen atoms in total. The van der Waals surface area contributed by atoms with Crippen LogP contribution < -0.4 is 10.2 Å². The molecule has 1 aliphatic carbocycles. The van der Waals surface area contributed by atoms with Gasteiger partial charge in [0.1, 0.15) is 10.8 Å². The van der Waals surface area contributed by atoms with Crippen molar-refractivity contribution in [3.63, 3.8) is 0 Å². The summed E-state index contributed by atoms with van der Waals surface area (Å²) < 4.78 is 5.19. The summed E-state index contributed by atoms with van der Waals surface area (Å²) in [5.74, 6) is 1.54. The minimum absolute atomic E-state index is 0.173. The average Bonchev–Trinajstić information content (AvgIpc) is 2.83. The molecule has 7 heteroatoms. The lowest BCUT2D eigenvalue weighted by Crippen LogP contribution is -2.20. The zero-order valence-corrected chi connectivity index (χ0v) is 18.2. The molecule has 0 unspecified atom stereocenters. The van der Waals surface area contributed by atoms with Gasteiger partial charge >= 0.3 is 0 Å². The van der Waals surface area contributed by atoms with E-state index in [0.717, 1.165) is 59.1 Å². The quantitative estimate of drug-likeness (QED) is 0.261. The summed E-state index contributed by atoms with van der Waals surface area (Å²) in [5, 5.41) is 4.95. The summed E-state index contributed by atoms with van der Waals surface area (Å²) in [6, 6.07) is 17.5. The van der Waals surface area contributed by atoms with E-state index < -0.39 is 0 Å². The molecule has 0 aliphatic heterocycles. The number of aromatic nitrogens is 2. The van der Waals surface area contributed by atoms with Gasteiger partial charge in [0.2, 0.25) is 5.91 Å². The molecule has 0 saturated heterocycles. The minimum atomic E-state index is -0.173. The van der Waals surface area contributed by atoms with Crippen LogP contribution in [-0.4, -0.2) is 35.0 Å². The molecule has 1 aliphatic rings. The first-order valence-corrected chi connectivity index (χ1v) is 11.3. The summed E-state index contributed by atoms with van der Waals surface area (Å²) in [6.07, 6.45) is 5.79. The molecule has 1 aromatic heterocycles. The summed E-state index contributed by atoms with van der Waals surface area (Å²) in [7, 11) is 1.62. The number of amides is 1. The number of rotatable bonds is 7. The SMILES string of the molecule is COc1cccc(/C=N\NC(=O)CSc2nc(-c3ccccc3)nc3c2CCCC3)c1. The highest BCUT2D eigenvalue weighted by Crippen LogP contribution is 2.31. The number of hydrogen-bond acceptors (Lipinski definition) is 6. The van der Waals surface area contributed by atoms with Crippen LogP contribution in [-0.2, 0) is 17.6 Å². The summed E-state index contributed by atoms with van der Waals surface area (Å²) in [5.41, 5.74) is 6.73. The fourth-order valence-electron chi connectivity index (χ4n) is 3.46. The van der Waals surface area contributed by atoms with Crippen LogP contribution in [0, 0.1) is 0 Å². The molecule has 0 bridgehead atoms. The number of nitrogens with zero attached hydrogens (tertiary/aromatic N) is 3. The van der Waals surface area contributed by atoms with Crippen LogP contribution in [0.1, 0.15) is 29.7 Å². The van der Waals surface area contributed by atoms with Crippen molar-refractivity contribution >= 4 is 23.9 Å². The van der Waals surface area contributed by atoms with Crippen molar-refractivity contribution in [2.45, 2.75) is 30.7 Å². The number of thioether (sulfide) groups is 1. The van der Waals surface area contributed by atoms with Gasteiger partial charge in [0.05, 0.1) is 19.1 Å². The van der Waals surface area contributed by atoms with Crippen LogP contribution in [0.15, 0.2) is 64.7 Å². The van der Waals surface area contributed by atoms with Gasteiger partial charge in [-0.3, -0.25) is 4.79 Å². The number of carbonyl (C=O) groups is 1. The largest absolute Gasteiger partial charge is 0.497 e. The number of nitrogens with one attached hydrogen (secondary N) is 1. The second-order valence-corrected chi connectivity index (χ2v) is 8.17. The highest BCUT2D eigenvalue weighted by Gasteiger charge is 2.19. The molecule has 1 N–H and O–H groups in total. The third-order valence-electron chi connectivity index (χ3n) is 5.01. The van der Waals surface area contributed by atoms with Gasteiger partial charge in [0, 0.05) is 16.8 Å². The third-order valence-corrected chi connectivity index (χ3v) is 6.03. The Morgan fingerprint density at radius 3 is 2.81 bits per heavy atom. The number of aryl methyl sites for hydroxylation is 1. The van der Waals surface area contributed by atoms with Gasteiger partial charge in [-0.25, -0.2) is 15.4 Å². The van der Waals surface area contributed by atoms with Crippen LogP contribution in [0.2, 0.25) is 0 Å². The standard InChI is InChI=1S/C24H24N4O2S/c1-30-19-11-7-8-17(14-19)15-25-28-22(29)16-31-24-20-12-5-6-13-21(20)26-23(27-24)18-9-3-2-4-10-18/h2-4,7-11,14-15H,5-6,12-13,16H2,1H3,(H,28,29)/b25-15-. The average molecular weight is 433 g/mol. The van der Waals surface area contributed by atoms with Gasteiger partial charge < -0.3 is 4.74 Å². The summed E-state index contributed by atoms with van der Waals surface area (Å²) in [6.45, 7) is 0. The molecule has 3 aromatic rings. The molecule has 1 amide bonds. The Kier molecular flexibility index (Phi) is 6.94. The molecule has 1 heterocycles. The van der Waals surface area contributed by atoms with Crippen LogP contribution in [0.25, 0.3) is 11.4 Å². The number of hydrazone groups is 1. The Balaban J connectivity index is 1.43. The van der Waals surface area contributed by atoms with E-state index in [1.165, 1.54) is 17.3 Å². The molecule has 0 fully saturated rings. The molecule has 4 rings (SSSR count). The van der Waals surface area contributed by atoms with Crippen molar-refractivity contribution < 1.29 is 9.53 Å². The maximum atomic E-state index is 12.3. The van der Waals surface area contributed by atoms with Gasteiger partial charge in [-0.05, 0) is 43.4 Å². The fourth-order valence-corrected chi connectivity index (χ4v) is 4.34. The maximum Gasteiger partial charge on any atom is 0.250 e. The van der Waals surface area contributed by atoms with Gasteiger partial charge in [-0.1, -0.05) is 54.2 Å². The molecule has 0 spiro atoms. The molecule has 0 atom stereocenters. The molecule has 0 saturated carbocycles. The van der Waals surface area contributed by atoms with E-state index in [9.17, 15) is 4.79 Å². The van der Waals surface area contributed by atoms with Gasteiger partial charge in [-0.2, -0.15) is 5.10 Å². The summed E-state index contributed by atoms with van der Waals surface area (Å²) >= 11 is 1.45. The molecular weight excluding hydrogens is 408 g/mol. The Labute approximate surface area is 186 Å². The van der Waals surface area contributed by atoms with Crippen LogP contribution in [0.4, 0.5) is 0 Å². The van der Waals surface area contributed by atoms with Crippen LogP contribution >= 0.6 is 11.8 Å². The van der Waals surface area contributed by atoms with E-state index in [1.807, 2.05) is 54.6 Å². The lowest BCUT2D eigenvalue weighted by atomic mass is 9.97. The number of carbonyl (C=O) groups excluding carboxylic acids is 1. The molecule has 31 heavy (non-hydrogen) atoms. The monoisotopic (exact) mass is 432 g/mol. The predicted molar refractivity (Wildman–Crippen MR) is 124 cm³/mol. The molecule has 2 aromatic carbocycles. The number of fused-ring (bicyclic) bond motifs is 1. The second-order valence-electron chi connectivity index (χ2n) is 7.21. The number of ether oxygens (including phenoxy) is 1. The zero-order chi connectivity index (χ0) is 21.5. The van der Waals surface area contributed by atoms with Crippen molar-refractivity contribution in [1.29, 1.82) is 0 Å². The van der Waals surface area contributed by atoms with Gasteiger partial charge in [0.15, 0.2) is 5.82 Å². The van der Waals surface area contributed by atoms with Crippen LogP contribution in [0.3, 0.4) is 0 Å². The van der Waals surface area contributed by atoms with Crippen molar-refractivity contribution in [3.8, 4) is 17.1 Å². The zero-order valence-electron chi connectivity index (χ0n) is 17.4. The maximum absolute atomic E-state index is 12.3. The first kappa shape index (κ1) is 21.1. The van der Waals surface area contributed by atoms with Crippen molar-refractivity contribution in [2.24, 2.45) is 5.10 Å². The highest BCUT2D eigenvalue weighted by molar-refractivity contribution is 7.99. The Hall–Kier alpha value is -3.19. The van der Waals surface area contributed by atoms with Crippen molar-refractivity contribution in [2.75, 3.05) is 12.9 Å². The second kappa shape index (κ2) is 10.2. The number of methoxy groups -OCH3 is 1. The topological polar surface area (TPSA) is 76.5 Å². The Morgan fingerprint density at radius 2 is 1.97 bits per heavy atom. The smallest absolute Gasteiger partial charge is 0.250 e.